The van der Waals surface area contributed by atoms with Crippen LogP contribution in [0.15, 0.2) is 18.2 Å². The van der Waals surface area contributed by atoms with Gasteiger partial charge in [0.1, 0.15) is 11.6 Å². The van der Waals surface area contributed by atoms with E-state index in [9.17, 15) is 23.2 Å². The molecule has 142 valence electrons. The Hall–Kier alpha value is -2.51. The van der Waals surface area contributed by atoms with Crippen LogP contribution in [-0.2, 0) is 9.59 Å². The van der Waals surface area contributed by atoms with E-state index in [1.165, 1.54) is 0 Å². The fourth-order valence-corrected chi connectivity index (χ4v) is 2.67. The van der Waals surface area contributed by atoms with E-state index in [0.717, 1.165) is 12.1 Å². The quantitative estimate of drug-likeness (QED) is 0.878. The molecule has 0 radical (unpaired) electrons. The van der Waals surface area contributed by atoms with E-state index in [1.807, 2.05) is 20.8 Å². The first-order chi connectivity index (χ1) is 12.1. The van der Waals surface area contributed by atoms with E-state index in [4.69, 9.17) is 0 Å². The Bertz CT molecular complexity index is 708. The highest BCUT2D eigenvalue weighted by molar-refractivity contribution is 5.96. The van der Waals surface area contributed by atoms with Gasteiger partial charge in [-0.2, -0.15) is 0 Å². The molecule has 0 aromatic heterocycles. The second-order valence-corrected chi connectivity index (χ2v) is 7.23. The van der Waals surface area contributed by atoms with Crippen molar-refractivity contribution in [3.05, 3.63) is 35.4 Å². The Morgan fingerprint density at radius 2 is 1.62 bits per heavy atom. The van der Waals surface area contributed by atoms with Gasteiger partial charge in [-0.1, -0.05) is 20.8 Å². The van der Waals surface area contributed by atoms with Crippen LogP contribution in [0, 0.1) is 17.0 Å². The van der Waals surface area contributed by atoms with E-state index in [1.54, 1.807) is 9.80 Å². The summed E-state index contributed by atoms with van der Waals surface area (Å²) < 4.78 is 26.4. The van der Waals surface area contributed by atoms with Crippen LogP contribution in [0.25, 0.3) is 0 Å². The topological polar surface area (TPSA) is 69.7 Å². The molecule has 3 amide bonds. The molecule has 0 unspecified atom stereocenters. The van der Waals surface area contributed by atoms with Gasteiger partial charge in [-0.3, -0.25) is 14.4 Å². The molecular weight excluding hydrogens is 344 g/mol. The summed E-state index contributed by atoms with van der Waals surface area (Å²) in [6.45, 7) is 6.86. The average Bonchev–Trinajstić information content (AvgIpc) is 2.58. The van der Waals surface area contributed by atoms with Gasteiger partial charge in [0.05, 0.1) is 12.1 Å². The van der Waals surface area contributed by atoms with Crippen LogP contribution in [0.1, 0.15) is 31.1 Å². The Kier molecular flexibility index (Phi) is 5.94. The summed E-state index contributed by atoms with van der Waals surface area (Å²) in [4.78, 5) is 39.6. The van der Waals surface area contributed by atoms with E-state index < -0.39 is 23.0 Å². The standard InChI is InChI=1S/C18H23F2N3O3/c1-18(2,3)17(26)23-8-6-22(7-9-23)15(24)11-21-16(25)13-5-4-12(19)10-14(13)20/h4-5,10H,6-9,11H2,1-3H3,(H,21,25). The number of amides is 3. The maximum absolute atomic E-state index is 13.6. The molecule has 1 aromatic rings. The number of hydrogen-bond acceptors (Lipinski definition) is 3. The molecule has 0 bridgehead atoms. The molecule has 26 heavy (non-hydrogen) atoms. The molecule has 0 atom stereocenters. The zero-order valence-electron chi connectivity index (χ0n) is 15.1. The van der Waals surface area contributed by atoms with Gasteiger partial charge in [0.25, 0.3) is 5.91 Å². The van der Waals surface area contributed by atoms with Crippen molar-refractivity contribution < 1.29 is 23.2 Å². The van der Waals surface area contributed by atoms with Crippen LogP contribution >= 0.6 is 0 Å². The Balaban J connectivity index is 1.84. The first kappa shape index (κ1) is 19.8. The van der Waals surface area contributed by atoms with Gasteiger partial charge in [-0.25, -0.2) is 8.78 Å². The second kappa shape index (κ2) is 7.80. The number of carbonyl (C=O) groups is 3. The lowest BCUT2D eigenvalue weighted by molar-refractivity contribution is -0.144. The minimum Gasteiger partial charge on any atom is -0.343 e. The van der Waals surface area contributed by atoms with Gasteiger partial charge in [-0.05, 0) is 12.1 Å². The van der Waals surface area contributed by atoms with Crippen molar-refractivity contribution >= 4 is 17.7 Å². The van der Waals surface area contributed by atoms with Crippen molar-refractivity contribution in [3.63, 3.8) is 0 Å². The van der Waals surface area contributed by atoms with Gasteiger partial charge in [0.2, 0.25) is 11.8 Å². The molecule has 0 spiro atoms. The molecule has 1 aliphatic heterocycles. The molecule has 2 rings (SSSR count). The lowest BCUT2D eigenvalue weighted by Crippen LogP contribution is -2.54. The third kappa shape index (κ3) is 4.77. The largest absolute Gasteiger partial charge is 0.343 e. The number of benzene rings is 1. The minimum absolute atomic E-state index is 0.0321. The molecule has 1 saturated heterocycles. The third-order valence-corrected chi connectivity index (χ3v) is 4.14. The van der Waals surface area contributed by atoms with Crippen molar-refractivity contribution in [3.8, 4) is 0 Å². The molecule has 0 saturated carbocycles. The van der Waals surface area contributed by atoms with Crippen LogP contribution < -0.4 is 5.32 Å². The molecular formula is C18H23F2N3O3. The number of piperazine rings is 1. The number of halogens is 2. The van der Waals surface area contributed by atoms with Crippen molar-refractivity contribution in [2.45, 2.75) is 20.8 Å². The normalized spacial score (nSPS) is 15.0. The fraction of sp³-hybridized carbons (Fsp3) is 0.500. The predicted molar refractivity (Wildman–Crippen MR) is 91.3 cm³/mol. The highest BCUT2D eigenvalue weighted by Crippen LogP contribution is 2.18. The zero-order valence-corrected chi connectivity index (χ0v) is 15.1. The SMILES string of the molecule is CC(C)(C)C(=O)N1CCN(C(=O)CNC(=O)c2ccc(F)cc2F)CC1. The molecule has 1 N–H and O–H groups in total. The number of nitrogens with one attached hydrogen (secondary N) is 1. The van der Waals surface area contributed by atoms with Crippen molar-refractivity contribution in [2.75, 3.05) is 32.7 Å². The number of carbonyl (C=O) groups excluding carboxylic acids is 3. The van der Waals surface area contributed by atoms with Gasteiger partial charge in [0, 0.05) is 37.7 Å². The number of nitrogens with zero attached hydrogens (tertiary/aromatic N) is 2. The Morgan fingerprint density at radius 3 is 2.15 bits per heavy atom. The monoisotopic (exact) mass is 367 g/mol. The summed E-state index contributed by atoms with van der Waals surface area (Å²) in [5.41, 5.74) is -0.792. The van der Waals surface area contributed by atoms with Crippen LogP contribution in [-0.4, -0.2) is 60.2 Å². The van der Waals surface area contributed by atoms with Crippen LogP contribution in [0.2, 0.25) is 0 Å². The fourth-order valence-electron chi connectivity index (χ4n) is 2.67. The summed E-state index contributed by atoms with van der Waals surface area (Å²) in [5, 5.41) is 2.34. The smallest absolute Gasteiger partial charge is 0.254 e. The second-order valence-electron chi connectivity index (χ2n) is 7.23. The van der Waals surface area contributed by atoms with Gasteiger partial charge in [-0.15, -0.1) is 0 Å². The first-order valence-electron chi connectivity index (χ1n) is 8.40. The van der Waals surface area contributed by atoms with Gasteiger partial charge >= 0.3 is 0 Å². The maximum Gasteiger partial charge on any atom is 0.254 e. The van der Waals surface area contributed by atoms with Crippen molar-refractivity contribution in [1.82, 2.24) is 15.1 Å². The summed E-state index contributed by atoms with van der Waals surface area (Å²) in [5.74, 6) is -2.83. The highest BCUT2D eigenvalue weighted by Gasteiger charge is 2.30. The van der Waals surface area contributed by atoms with Gasteiger partial charge in [0.15, 0.2) is 0 Å². The first-order valence-corrected chi connectivity index (χ1v) is 8.40. The molecule has 8 heteroatoms. The van der Waals surface area contributed by atoms with E-state index >= 15 is 0 Å². The van der Waals surface area contributed by atoms with Gasteiger partial charge < -0.3 is 15.1 Å². The van der Waals surface area contributed by atoms with E-state index in [0.29, 0.717) is 32.2 Å². The molecule has 1 heterocycles. The molecule has 1 fully saturated rings. The molecule has 6 nitrogen and oxygen atoms in total. The summed E-state index contributed by atoms with van der Waals surface area (Å²) in [6, 6.07) is 2.62. The molecule has 0 aliphatic carbocycles. The van der Waals surface area contributed by atoms with E-state index in [2.05, 4.69) is 5.32 Å². The lowest BCUT2D eigenvalue weighted by atomic mass is 9.94. The highest BCUT2D eigenvalue weighted by atomic mass is 19.1. The summed E-state index contributed by atoms with van der Waals surface area (Å²) >= 11 is 0. The van der Waals surface area contributed by atoms with Crippen molar-refractivity contribution in [2.24, 2.45) is 5.41 Å². The predicted octanol–water partition coefficient (Wildman–Crippen LogP) is 1.41. The van der Waals surface area contributed by atoms with Crippen LogP contribution in [0.4, 0.5) is 8.78 Å². The average molecular weight is 367 g/mol. The van der Waals surface area contributed by atoms with E-state index in [-0.39, 0.29) is 23.9 Å². The lowest BCUT2D eigenvalue weighted by Gasteiger charge is -2.37. The summed E-state index contributed by atoms with van der Waals surface area (Å²) in [7, 11) is 0. The zero-order chi connectivity index (χ0) is 19.5. The Labute approximate surface area is 151 Å². The minimum atomic E-state index is -0.982. The van der Waals surface area contributed by atoms with Crippen LogP contribution in [0.5, 0.6) is 0 Å². The maximum atomic E-state index is 13.6. The van der Waals surface area contributed by atoms with Crippen LogP contribution in [0.3, 0.4) is 0 Å². The summed E-state index contributed by atoms with van der Waals surface area (Å²) in [6.07, 6.45) is 0. The Morgan fingerprint density at radius 1 is 1.04 bits per heavy atom. The number of hydrogen-bond donors (Lipinski definition) is 1. The van der Waals surface area contributed by atoms with Crippen molar-refractivity contribution in [1.29, 1.82) is 0 Å². The third-order valence-electron chi connectivity index (χ3n) is 4.14. The number of rotatable bonds is 3. The molecule has 1 aromatic carbocycles. The molecule has 1 aliphatic rings.